The van der Waals surface area contributed by atoms with Gasteiger partial charge in [0.25, 0.3) is 0 Å². The second kappa shape index (κ2) is 10.7. The number of nitrogens with zero attached hydrogens (tertiary/aromatic N) is 2. The molecule has 0 saturated carbocycles. The molecule has 1 aliphatic heterocycles. The Morgan fingerprint density at radius 1 is 1.28 bits per heavy atom. The van der Waals surface area contributed by atoms with Gasteiger partial charge >= 0.3 is 0 Å². The Morgan fingerprint density at radius 3 is 2.68 bits per heavy atom. The standard InChI is InChI=1S/C20H34N4S/c1-5-10-24-11-8-17(9-12-24)14-22-20(21-3)23-15-18-7-6-16(2)13-19(18)25-4/h6-7,13,17H,5,8-12,14-15H2,1-4H3,(H2,21,22,23). The highest BCUT2D eigenvalue weighted by atomic mass is 32.2. The van der Waals surface area contributed by atoms with E-state index < -0.39 is 0 Å². The third-order valence-corrected chi connectivity index (χ3v) is 5.74. The summed E-state index contributed by atoms with van der Waals surface area (Å²) in [5.41, 5.74) is 2.64. The van der Waals surface area contributed by atoms with E-state index in [-0.39, 0.29) is 0 Å². The predicted octanol–water partition coefficient (Wildman–Crippen LogP) is 3.50. The Labute approximate surface area is 157 Å². The zero-order chi connectivity index (χ0) is 18.1. The van der Waals surface area contributed by atoms with E-state index in [1.165, 1.54) is 54.9 Å². The number of likely N-dealkylation sites (tertiary alicyclic amines) is 1. The highest BCUT2D eigenvalue weighted by Gasteiger charge is 2.18. The SMILES string of the molecule is CCCN1CCC(CNC(=NC)NCc2ccc(C)cc2SC)CC1. The molecular formula is C20H34N4S. The van der Waals surface area contributed by atoms with Gasteiger partial charge in [-0.3, -0.25) is 4.99 Å². The van der Waals surface area contributed by atoms with E-state index in [0.717, 1.165) is 25.0 Å². The van der Waals surface area contributed by atoms with Crippen molar-refractivity contribution in [3.05, 3.63) is 29.3 Å². The molecule has 1 aromatic carbocycles. The van der Waals surface area contributed by atoms with Gasteiger partial charge in [0, 0.05) is 25.0 Å². The number of aryl methyl sites for hydroxylation is 1. The molecule has 1 aromatic rings. The molecule has 2 N–H and O–H groups in total. The van der Waals surface area contributed by atoms with Crippen LogP contribution in [0, 0.1) is 12.8 Å². The van der Waals surface area contributed by atoms with Gasteiger partial charge in [0.1, 0.15) is 0 Å². The van der Waals surface area contributed by atoms with Crippen LogP contribution in [0.4, 0.5) is 0 Å². The third kappa shape index (κ3) is 6.55. The van der Waals surface area contributed by atoms with Crippen LogP contribution >= 0.6 is 11.8 Å². The average Bonchev–Trinajstić information content (AvgIpc) is 2.64. The van der Waals surface area contributed by atoms with E-state index in [0.29, 0.717) is 0 Å². The largest absolute Gasteiger partial charge is 0.356 e. The summed E-state index contributed by atoms with van der Waals surface area (Å²) in [7, 11) is 1.85. The Kier molecular flexibility index (Phi) is 8.62. The van der Waals surface area contributed by atoms with Crippen molar-refractivity contribution in [1.29, 1.82) is 0 Å². The van der Waals surface area contributed by atoms with Crippen LogP contribution in [-0.2, 0) is 6.54 Å². The van der Waals surface area contributed by atoms with E-state index in [1.54, 1.807) is 11.8 Å². The minimum absolute atomic E-state index is 0.757. The fourth-order valence-corrected chi connectivity index (χ4v) is 4.07. The van der Waals surface area contributed by atoms with Gasteiger partial charge in [-0.25, -0.2) is 0 Å². The van der Waals surface area contributed by atoms with Crippen LogP contribution < -0.4 is 10.6 Å². The van der Waals surface area contributed by atoms with Gasteiger partial charge in [0.2, 0.25) is 0 Å². The lowest BCUT2D eigenvalue weighted by Gasteiger charge is -2.32. The maximum Gasteiger partial charge on any atom is 0.191 e. The lowest BCUT2D eigenvalue weighted by atomic mass is 9.97. The summed E-state index contributed by atoms with van der Waals surface area (Å²) in [4.78, 5) is 8.31. The first-order chi connectivity index (χ1) is 12.2. The summed E-state index contributed by atoms with van der Waals surface area (Å²) < 4.78 is 0. The van der Waals surface area contributed by atoms with Gasteiger partial charge in [-0.05, 0) is 75.2 Å². The van der Waals surface area contributed by atoms with Gasteiger partial charge in [0.15, 0.2) is 5.96 Å². The van der Waals surface area contributed by atoms with E-state index in [2.05, 4.69) is 58.8 Å². The average molecular weight is 363 g/mol. The topological polar surface area (TPSA) is 39.7 Å². The molecule has 1 saturated heterocycles. The van der Waals surface area contributed by atoms with Crippen LogP contribution in [0.25, 0.3) is 0 Å². The van der Waals surface area contributed by atoms with Crippen molar-refractivity contribution in [3.8, 4) is 0 Å². The molecule has 1 heterocycles. The molecule has 1 fully saturated rings. The van der Waals surface area contributed by atoms with E-state index in [4.69, 9.17) is 0 Å². The summed E-state index contributed by atoms with van der Waals surface area (Å²) in [6.07, 6.45) is 5.98. The van der Waals surface area contributed by atoms with Crippen LogP contribution in [-0.4, -0.2) is 50.3 Å². The Hall–Kier alpha value is -1.20. The van der Waals surface area contributed by atoms with Gasteiger partial charge < -0.3 is 15.5 Å². The van der Waals surface area contributed by atoms with Gasteiger partial charge in [-0.1, -0.05) is 19.1 Å². The number of hydrogen-bond donors (Lipinski definition) is 2. The number of hydrogen-bond acceptors (Lipinski definition) is 3. The first kappa shape index (κ1) is 20.1. The monoisotopic (exact) mass is 362 g/mol. The van der Waals surface area contributed by atoms with Crippen molar-refractivity contribution < 1.29 is 0 Å². The second-order valence-corrected chi connectivity index (χ2v) is 7.76. The van der Waals surface area contributed by atoms with Crippen molar-refractivity contribution in [2.75, 3.05) is 39.5 Å². The first-order valence-electron chi connectivity index (χ1n) is 9.46. The highest BCUT2D eigenvalue weighted by molar-refractivity contribution is 7.98. The number of guanidine groups is 1. The molecule has 4 nitrogen and oxygen atoms in total. The summed E-state index contributed by atoms with van der Waals surface area (Å²) in [5, 5.41) is 6.98. The predicted molar refractivity (Wildman–Crippen MR) is 111 cm³/mol. The molecule has 1 aliphatic rings. The number of benzene rings is 1. The van der Waals surface area contributed by atoms with E-state index >= 15 is 0 Å². The van der Waals surface area contributed by atoms with Crippen molar-refractivity contribution in [2.45, 2.75) is 44.6 Å². The van der Waals surface area contributed by atoms with Crippen molar-refractivity contribution >= 4 is 17.7 Å². The number of piperidine rings is 1. The van der Waals surface area contributed by atoms with E-state index in [9.17, 15) is 0 Å². The molecule has 0 spiro atoms. The fourth-order valence-electron chi connectivity index (χ4n) is 3.37. The zero-order valence-corrected chi connectivity index (χ0v) is 17.1. The Bertz CT molecular complexity index is 551. The smallest absolute Gasteiger partial charge is 0.191 e. The molecule has 0 bridgehead atoms. The fraction of sp³-hybridized carbons (Fsp3) is 0.650. The zero-order valence-electron chi connectivity index (χ0n) is 16.3. The minimum Gasteiger partial charge on any atom is -0.356 e. The molecular weight excluding hydrogens is 328 g/mol. The number of rotatable bonds is 7. The van der Waals surface area contributed by atoms with Crippen LogP contribution in [0.2, 0.25) is 0 Å². The number of aliphatic imine (C=N–C) groups is 1. The molecule has 5 heteroatoms. The second-order valence-electron chi connectivity index (χ2n) is 6.91. The maximum atomic E-state index is 4.38. The Balaban J connectivity index is 1.76. The molecule has 0 amide bonds. The number of nitrogens with one attached hydrogen (secondary N) is 2. The number of thioether (sulfide) groups is 1. The lowest BCUT2D eigenvalue weighted by Crippen LogP contribution is -2.42. The van der Waals surface area contributed by atoms with Gasteiger partial charge in [-0.2, -0.15) is 0 Å². The van der Waals surface area contributed by atoms with Crippen LogP contribution in [0.5, 0.6) is 0 Å². The normalized spacial score (nSPS) is 16.9. The van der Waals surface area contributed by atoms with Crippen LogP contribution in [0.1, 0.15) is 37.3 Å². The molecule has 0 aromatic heterocycles. The summed E-state index contributed by atoms with van der Waals surface area (Å²) in [6, 6.07) is 6.64. The molecule has 0 unspecified atom stereocenters. The van der Waals surface area contributed by atoms with Crippen LogP contribution in [0.15, 0.2) is 28.1 Å². The lowest BCUT2D eigenvalue weighted by molar-refractivity contribution is 0.185. The van der Waals surface area contributed by atoms with Crippen molar-refractivity contribution in [1.82, 2.24) is 15.5 Å². The van der Waals surface area contributed by atoms with Crippen LogP contribution in [0.3, 0.4) is 0 Å². The summed E-state index contributed by atoms with van der Waals surface area (Å²) in [5.74, 6) is 1.66. The molecule has 0 radical (unpaired) electrons. The van der Waals surface area contributed by atoms with Gasteiger partial charge in [0.05, 0.1) is 0 Å². The molecule has 0 aliphatic carbocycles. The van der Waals surface area contributed by atoms with Gasteiger partial charge in [-0.15, -0.1) is 11.8 Å². The molecule has 25 heavy (non-hydrogen) atoms. The maximum absolute atomic E-state index is 4.38. The molecule has 0 atom stereocenters. The third-order valence-electron chi connectivity index (χ3n) is 4.92. The van der Waals surface area contributed by atoms with Crippen molar-refractivity contribution in [2.24, 2.45) is 10.9 Å². The molecule has 2 rings (SSSR count). The summed E-state index contributed by atoms with van der Waals surface area (Å²) in [6.45, 7) is 9.97. The molecule has 140 valence electrons. The van der Waals surface area contributed by atoms with Crippen molar-refractivity contribution in [3.63, 3.8) is 0 Å². The Morgan fingerprint density at radius 2 is 2.04 bits per heavy atom. The first-order valence-corrected chi connectivity index (χ1v) is 10.7. The quantitative estimate of drug-likeness (QED) is 0.442. The van der Waals surface area contributed by atoms with E-state index in [1.807, 2.05) is 7.05 Å². The summed E-state index contributed by atoms with van der Waals surface area (Å²) >= 11 is 1.80. The highest BCUT2D eigenvalue weighted by Crippen LogP contribution is 2.21. The minimum atomic E-state index is 0.757.